The fourth-order valence-corrected chi connectivity index (χ4v) is 4.07. The molecular formula is C23H20N6O2S. The van der Waals surface area contributed by atoms with Crippen LogP contribution in [0.2, 0.25) is 0 Å². The van der Waals surface area contributed by atoms with Crippen LogP contribution >= 0.6 is 11.8 Å². The molecule has 3 heterocycles. The van der Waals surface area contributed by atoms with E-state index in [-0.39, 0.29) is 0 Å². The topological polar surface area (TPSA) is 83.8 Å². The van der Waals surface area contributed by atoms with Crippen molar-refractivity contribution < 1.29 is 9.15 Å². The minimum atomic E-state index is 0.519. The van der Waals surface area contributed by atoms with Gasteiger partial charge in [-0.05, 0) is 36.4 Å². The number of ether oxygens (including phenoxy) is 1. The van der Waals surface area contributed by atoms with E-state index in [1.807, 2.05) is 71.3 Å². The van der Waals surface area contributed by atoms with Gasteiger partial charge in [-0.15, -0.1) is 10.2 Å². The molecule has 0 saturated heterocycles. The lowest BCUT2D eigenvalue weighted by Crippen LogP contribution is -2.04. The van der Waals surface area contributed by atoms with E-state index in [1.54, 1.807) is 36.1 Å². The van der Waals surface area contributed by atoms with Crippen LogP contribution in [0.4, 0.5) is 0 Å². The van der Waals surface area contributed by atoms with E-state index in [0.29, 0.717) is 12.3 Å². The van der Waals surface area contributed by atoms with Crippen molar-refractivity contribution in [1.82, 2.24) is 29.8 Å². The Balaban J connectivity index is 1.41. The lowest BCUT2D eigenvalue weighted by atomic mass is 10.2. The molecule has 0 spiro atoms. The molecule has 0 atom stereocenters. The van der Waals surface area contributed by atoms with Crippen LogP contribution in [0.25, 0.3) is 17.1 Å². The summed E-state index contributed by atoms with van der Waals surface area (Å²) in [5.74, 6) is 2.95. The average molecular weight is 445 g/mol. The van der Waals surface area contributed by atoms with E-state index in [2.05, 4.69) is 20.4 Å². The number of para-hydroxylation sites is 1. The van der Waals surface area contributed by atoms with Gasteiger partial charge in [0.2, 0.25) is 0 Å². The quantitative estimate of drug-likeness (QED) is 0.327. The summed E-state index contributed by atoms with van der Waals surface area (Å²) in [6, 6.07) is 21.4. The van der Waals surface area contributed by atoms with Gasteiger partial charge in [0.1, 0.15) is 11.5 Å². The van der Waals surface area contributed by atoms with E-state index >= 15 is 0 Å². The molecule has 5 aromatic rings. The van der Waals surface area contributed by atoms with Crippen LogP contribution in [0.15, 0.2) is 88.8 Å². The predicted octanol–water partition coefficient (Wildman–Crippen LogP) is 4.47. The van der Waals surface area contributed by atoms with Crippen LogP contribution in [-0.4, -0.2) is 36.9 Å². The zero-order chi connectivity index (χ0) is 21.8. The van der Waals surface area contributed by atoms with Gasteiger partial charge in [0.15, 0.2) is 11.0 Å². The van der Waals surface area contributed by atoms with E-state index in [4.69, 9.17) is 9.15 Å². The Morgan fingerprint density at radius 1 is 1.00 bits per heavy atom. The fraction of sp³-hybridized carbons (Fsp3) is 0.130. The molecule has 3 aromatic heterocycles. The Morgan fingerprint density at radius 2 is 1.91 bits per heavy atom. The molecule has 160 valence electrons. The maximum atomic E-state index is 5.58. The molecule has 0 aliphatic heterocycles. The number of rotatable bonds is 8. The molecule has 0 bridgehead atoms. The van der Waals surface area contributed by atoms with Gasteiger partial charge in [-0.25, -0.2) is 0 Å². The smallest absolute Gasteiger partial charge is 0.192 e. The summed E-state index contributed by atoms with van der Waals surface area (Å²) in [6.07, 6.45) is 3.44. The minimum Gasteiger partial charge on any atom is -0.497 e. The molecule has 0 fully saturated rings. The minimum absolute atomic E-state index is 0.519. The van der Waals surface area contributed by atoms with Crippen LogP contribution in [-0.2, 0) is 12.3 Å². The van der Waals surface area contributed by atoms with Gasteiger partial charge in [0.25, 0.3) is 0 Å². The molecular weight excluding hydrogens is 424 g/mol. The highest BCUT2D eigenvalue weighted by atomic mass is 32.2. The predicted molar refractivity (Wildman–Crippen MR) is 121 cm³/mol. The van der Waals surface area contributed by atoms with E-state index in [1.165, 1.54) is 0 Å². The Hall–Kier alpha value is -3.85. The number of thioether (sulfide) groups is 1. The first-order valence-electron chi connectivity index (χ1n) is 9.99. The molecule has 0 unspecified atom stereocenters. The third-order valence-electron chi connectivity index (χ3n) is 4.81. The van der Waals surface area contributed by atoms with Crippen molar-refractivity contribution in [2.75, 3.05) is 7.11 Å². The number of furan rings is 1. The first-order chi connectivity index (χ1) is 15.8. The second-order valence-corrected chi connectivity index (χ2v) is 7.90. The summed E-state index contributed by atoms with van der Waals surface area (Å²) in [7, 11) is 1.65. The van der Waals surface area contributed by atoms with Gasteiger partial charge in [-0.1, -0.05) is 42.1 Å². The van der Waals surface area contributed by atoms with Crippen LogP contribution in [0.1, 0.15) is 11.5 Å². The van der Waals surface area contributed by atoms with Crippen molar-refractivity contribution in [2.45, 2.75) is 17.5 Å². The molecule has 9 heteroatoms. The number of aromatic nitrogens is 6. The number of benzene rings is 2. The Bertz CT molecular complexity index is 1300. The Morgan fingerprint density at radius 3 is 2.72 bits per heavy atom. The third-order valence-corrected chi connectivity index (χ3v) is 5.81. The highest BCUT2D eigenvalue weighted by molar-refractivity contribution is 7.98. The normalized spacial score (nSPS) is 11.0. The van der Waals surface area contributed by atoms with Crippen molar-refractivity contribution >= 4 is 11.8 Å². The number of hydrogen-bond donors (Lipinski definition) is 0. The lowest BCUT2D eigenvalue weighted by Gasteiger charge is -2.09. The number of methoxy groups -OCH3 is 1. The second kappa shape index (κ2) is 9.11. The molecule has 0 saturated carbocycles. The summed E-state index contributed by atoms with van der Waals surface area (Å²) in [5.41, 5.74) is 2.70. The van der Waals surface area contributed by atoms with Gasteiger partial charge in [-0.3, -0.25) is 4.57 Å². The van der Waals surface area contributed by atoms with Crippen molar-refractivity contribution in [3.8, 4) is 22.8 Å². The maximum absolute atomic E-state index is 5.58. The monoisotopic (exact) mass is 444 g/mol. The molecule has 32 heavy (non-hydrogen) atoms. The highest BCUT2D eigenvalue weighted by Crippen LogP contribution is 2.29. The number of nitrogens with zero attached hydrogens (tertiary/aromatic N) is 6. The molecule has 0 N–H and O–H groups in total. The standard InChI is InChI=1S/C23H20N6O2S/c1-30-20-10-5-7-17(13-20)22-25-26-23(28(22)15-21-11-6-12-31-21)32-16-18-14-24-29(27-18)19-8-3-2-4-9-19/h2-14H,15-16H2,1H3. The number of hydrogen-bond acceptors (Lipinski definition) is 7. The van der Waals surface area contributed by atoms with Crippen LogP contribution in [0.5, 0.6) is 5.75 Å². The van der Waals surface area contributed by atoms with Crippen LogP contribution in [0, 0.1) is 0 Å². The molecule has 2 aromatic carbocycles. The summed E-state index contributed by atoms with van der Waals surface area (Å²) in [5, 5.41) is 18.6. The third kappa shape index (κ3) is 4.28. The summed E-state index contributed by atoms with van der Waals surface area (Å²) in [4.78, 5) is 1.63. The van der Waals surface area contributed by atoms with Crippen molar-refractivity contribution in [2.24, 2.45) is 0 Å². The Labute approximate surface area is 188 Å². The summed E-state index contributed by atoms with van der Waals surface area (Å²) < 4.78 is 13.0. The zero-order valence-electron chi connectivity index (χ0n) is 17.3. The largest absolute Gasteiger partial charge is 0.497 e. The lowest BCUT2D eigenvalue weighted by molar-refractivity contribution is 0.415. The van der Waals surface area contributed by atoms with Crippen molar-refractivity contribution in [3.05, 3.63) is 90.6 Å². The van der Waals surface area contributed by atoms with E-state index in [9.17, 15) is 0 Å². The SMILES string of the molecule is COc1cccc(-c2nnc(SCc3cnn(-c4ccccc4)n3)n2Cc2ccco2)c1. The molecule has 0 aliphatic carbocycles. The van der Waals surface area contributed by atoms with Gasteiger partial charge in [0.05, 0.1) is 37.5 Å². The van der Waals surface area contributed by atoms with E-state index in [0.717, 1.165) is 39.4 Å². The van der Waals surface area contributed by atoms with Gasteiger partial charge < -0.3 is 9.15 Å². The molecule has 0 radical (unpaired) electrons. The first-order valence-corrected chi connectivity index (χ1v) is 11.0. The average Bonchev–Trinajstić information content (AvgIpc) is 3.60. The summed E-state index contributed by atoms with van der Waals surface area (Å²) in [6.45, 7) is 0.519. The van der Waals surface area contributed by atoms with Gasteiger partial charge >= 0.3 is 0 Å². The van der Waals surface area contributed by atoms with Gasteiger partial charge in [0, 0.05) is 11.3 Å². The fourth-order valence-electron chi connectivity index (χ4n) is 3.26. The molecule has 5 rings (SSSR count). The zero-order valence-corrected chi connectivity index (χ0v) is 18.1. The maximum Gasteiger partial charge on any atom is 0.192 e. The highest BCUT2D eigenvalue weighted by Gasteiger charge is 2.17. The molecule has 8 nitrogen and oxygen atoms in total. The molecule has 0 aliphatic rings. The molecule has 0 amide bonds. The Kier molecular flexibility index (Phi) is 5.71. The van der Waals surface area contributed by atoms with Crippen molar-refractivity contribution in [1.29, 1.82) is 0 Å². The first kappa shape index (κ1) is 20.1. The van der Waals surface area contributed by atoms with Crippen molar-refractivity contribution in [3.63, 3.8) is 0 Å². The van der Waals surface area contributed by atoms with Crippen LogP contribution < -0.4 is 4.74 Å². The second-order valence-electron chi connectivity index (χ2n) is 6.95. The van der Waals surface area contributed by atoms with E-state index < -0.39 is 0 Å². The van der Waals surface area contributed by atoms with Crippen LogP contribution in [0.3, 0.4) is 0 Å². The summed E-state index contributed by atoms with van der Waals surface area (Å²) >= 11 is 1.56. The van der Waals surface area contributed by atoms with Gasteiger partial charge in [-0.2, -0.15) is 15.0 Å².